The van der Waals surface area contributed by atoms with Crippen LogP contribution in [0.4, 0.5) is 5.69 Å². The van der Waals surface area contributed by atoms with Crippen LogP contribution in [0.25, 0.3) is 11.5 Å². The van der Waals surface area contributed by atoms with Gasteiger partial charge in [-0.15, -0.1) is 10.2 Å². The predicted molar refractivity (Wildman–Crippen MR) is 104 cm³/mol. The number of hydrogen-bond acceptors (Lipinski definition) is 6. The minimum atomic E-state index is 0.125. The van der Waals surface area contributed by atoms with E-state index in [-0.39, 0.29) is 6.61 Å². The second kappa shape index (κ2) is 8.17. The molecule has 1 fully saturated rings. The van der Waals surface area contributed by atoms with Crippen LogP contribution in [0.5, 0.6) is 5.75 Å². The Hall–Kier alpha value is -2.28. The van der Waals surface area contributed by atoms with Gasteiger partial charge in [-0.25, -0.2) is 0 Å². The van der Waals surface area contributed by atoms with Crippen molar-refractivity contribution in [2.24, 2.45) is 0 Å². The van der Waals surface area contributed by atoms with Crippen molar-refractivity contribution < 1.29 is 13.9 Å². The van der Waals surface area contributed by atoms with Gasteiger partial charge in [0, 0.05) is 29.4 Å². The quantitative estimate of drug-likeness (QED) is 0.624. The fourth-order valence-corrected chi connectivity index (χ4v) is 3.26. The number of halogens is 2. The third kappa shape index (κ3) is 4.35. The molecule has 0 unspecified atom stereocenters. The fourth-order valence-electron chi connectivity index (χ4n) is 2.80. The van der Waals surface area contributed by atoms with Crippen LogP contribution < -0.4 is 9.64 Å². The Bertz CT molecular complexity index is 909. The molecule has 1 aliphatic heterocycles. The number of hydrogen-bond donors (Lipinski definition) is 0. The number of ether oxygens (including phenoxy) is 2. The molecule has 1 aliphatic rings. The van der Waals surface area contributed by atoms with Crippen molar-refractivity contribution in [2.45, 2.75) is 6.61 Å². The zero-order valence-electron chi connectivity index (χ0n) is 14.4. The fraction of sp³-hybridized carbons (Fsp3) is 0.263. The van der Waals surface area contributed by atoms with Crippen LogP contribution in [-0.2, 0) is 11.3 Å². The van der Waals surface area contributed by atoms with Crippen molar-refractivity contribution in [3.8, 4) is 17.2 Å². The molecule has 0 bridgehead atoms. The van der Waals surface area contributed by atoms with Gasteiger partial charge < -0.3 is 18.8 Å². The maximum Gasteiger partial charge on any atom is 0.254 e. The van der Waals surface area contributed by atoms with Crippen molar-refractivity contribution in [3.05, 3.63) is 58.4 Å². The number of benzene rings is 2. The molecule has 3 aromatic rings. The van der Waals surface area contributed by atoms with Gasteiger partial charge in [0.1, 0.15) is 5.75 Å². The molecule has 1 saturated heterocycles. The average molecular weight is 406 g/mol. The molecule has 140 valence electrons. The van der Waals surface area contributed by atoms with Gasteiger partial charge in [0.15, 0.2) is 6.61 Å². The van der Waals surface area contributed by atoms with Crippen LogP contribution in [0.1, 0.15) is 5.89 Å². The van der Waals surface area contributed by atoms with Gasteiger partial charge in [-0.3, -0.25) is 0 Å². The van der Waals surface area contributed by atoms with E-state index in [0.717, 1.165) is 37.6 Å². The zero-order valence-corrected chi connectivity index (χ0v) is 15.9. The molecular formula is C19H17Cl2N3O3. The lowest BCUT2D eigenvalue weighted by Crippen LogP contribution is -2.36. The lowest BCUT2D eigenvalue weighted by atomic mass is 10.2. The van der Waals surface area contributed by atoms with E-state index in [0.29, 0.717) is 27.6 Å². The van der Waals surface area contributed by atoms with Crippen molar-refractivity contribution in [3.63, 3.8) is 0 Å². The summed E-state index contributed by atoms with van der Waals surface area (Å²) in [5.41, 5.74) is 2.01. The summed E-state index contributed by atoms with van der Waals surface area (Å²) >= 11 is 12.0. The third-order valence-corrected chi connectivity index (χ3v) is 4.73. The van der Waals surface area contributed by atoms with Gasteiger partial charge in [-0.05, 0) is 42.5 Å². The lowest BCUT2D eigenvalue weighted by Gasteiger charge is -2.28. The first kappa shape index (κ1) is 18.1. The average Bonchev–Trinajstić information content (AvgIpc) is 3.17. The third-order valence-electron chi connectivity index (χ3n) is 4.20. The van der Waals surface area contributed by atoms with Crippen LogP contribution >= 0.6 is 23.2 Å². The highest BCUT2D eigenvalue weighted by atomic mass is 35.5. The molecule has 0 amide bonds. The molecule has 0 radical (unpaired) electrons. The smallest absolute Gasteiger partial charge is 0.254 e. The molecule has 2 aromatic carbocycles. The van der Waals surface area contributed by atoms with Crippen molar-refractivity contribution in [1.29, 1.82) is 0 Å². The topological polar surface area (TPSA) is 60.6 Å². The summed E-state index contributed by atoms with van der Waals surface area (Å²) in [4.78, 5) is 2.29. The molecule has 0 aliphatic carbocycles. The number of aromatic nitrogens is 2. The van der Waals surface area contributed by atoms with Crippen LogP contribution in [0.15, 0.2) is 46.9 Å². The molecule has 0 spiro atoms. The SMILES string of the molecule is Clc1ccc(OCc2nnc(-c3ccc(N4CCOCC4)cc3)o2)c(Cl)c1. The highest BCUT2D eigenvalue weighted by Gasteiger charge is 2.13. The van der Waals surface area contributed by atoms with E-state index in [1.54, 1.807) is 18.2 Å². The molecule has 6 nitrogen and oxygen atoms in total. The summed E-state index contributed by atoms with van der Waals surface area (Å²) in [6.45, 7) is 3.43. The normalized spacial score (nSPS) is 14.4. The van der Waals surface area contributed by atoms with Crippen molar-refractivity contribution in [2.75, 3.05) is 31.2 Å². The monoisotopic (exact) mass is 405 g/mol. The van der Waals surface area contributed by atoms with Crippen LogP contribution in [0.2, 0.25) is 10.0 Å². The molecule has 0 atom stereocenters. The van der Waals surface area contributed by atoms with Crippen LogP contribution in [0, 0.1) is 0 Å². The molecule has 1 aromatic heterocycles. The first-order valence-corrected chi connectivity index (χ1v) is 9.28. The number of nitrogens with zero attached hydrogens (tertiary/aromatic N) is 3. The molecule has 2 heterocycles. The summed E-state index contributed by atoms with van der Waals surface area (Å²) in [7, 11) is 0. The maximum absolute atomic E-state index is 6.09. The van der Waals surface area contributed by atoms with E-state index < -0.39 is 0 Å². The van der Waals surface area contributed by atoms with E-state index in [4.69, 9.17) is 37.1 Å². The van der Waals surface area contributed by atoms with Gasteiger partial charge in [0.2, 0.25) is 5.89 Å². The first-order valence-electron chi connectivity index (χ1n) is 8.52. The minimum absolute atomic E-state index is 0.125. The standard InChI is InChI=1S/C19H17Cl2N3O3/c20-14-3-6-17(16(21)11-14)26-12-18-22-23-19(27-18)13-1-4-15(5-2-13)24-7-9-25-10-8-24/h1-6,11H,7-10,12H2. The zero-order chi connectivity index (χ0) is 18.6. The van der Waals surface area contributed by atoms with Gasteiger partial charge in [-0.1, -0.05) is 23.2 Å². The van der Waals surface area contributed by atoms with Crippen molar-refractivity contribution in [1.82, 2.24) is 10.2 Å². The van der Waals surface area contributed by atoms with E-state index >= 15 is 0 Å². The van der Waals surface area contributed by atoms with Crippen LogP contribution in [0.3, 0.4) is 0 Å². The highest BCUT2D eigenvalue weighted by molar-refractivity contribution is 6.35. The summed E-state index contributed by atoms with van der Waals surface area (Å²) in [5, 5.41) is 9.10. The van der Waals surface area contributed by atoms with Gasteiger partial charge in [0.25, 0.3) is 5.89 Å². The molecule has 8 heteroatoms. The van der Waals surface area contributed by atoms with E-state index in [9.17, 15) is 0 Å². The maximum atomic E-state index is 6.09. The first-order chi connectivity index (χ1) is 13.2. The Morgan fingerprint density at radius 1 is 1.00 bits per heavy atom. The lowest BCUT2D eigenvalue weighted by molar-refractivity contribution is 0.122. The molecule has 0 N–H and O–H groups in total. The van der Waals surface area contributed by atoms with E-state index in [1.807, 2.05) is 12.1 Å². The minimum Gasteiger partial charge on any atom is -0.482 e. The van der Waals surface area contributed by atoms with Crippen LogP contribution in [-0.4, -0.2) is 36.5 Å². The summed E-state index contributed by atoms with van der Waals surface area (Å²) < 4.78 is 16.7. The Labute approximate surface area is 166 Å². The second-order valence-electron chi connectivity index (χ2n) is 6.01. The predicted octanol–water partition coefficient (Wildman–Crippen LogP) is 4.46. The van der Waals surface area contributed by atoms with E-state index in [2.05, 4.69) is 27.2 Å². The van der Waals surface area contributed by atoms with Gasteiger partial charge in [-0.2, -0.15) is 0 Å². The Morgan fingerprint density at radius 2 is 1.78 bits per heavy atom. The Balaban J connectivity index is 1.41. The molecular weight excluding hydrogens is 389 g/mol. The van der Waals surface area contributed by atoms with E-state index in [1.165, 1.54) is 0 Å². The summed E-state index contributed by atoms with van der Waals surface area (Å²) in [6.07, 6.45) is 0. The number of anilines is 1. The number of morpholine rings is 1. The Kier molecular flexibility index (Phi) is 5.48. The van der Waals surface area contributed by atoms with Gasteiger partial charge >= 0.3 is 0 Å². The number of rotatable bonds is 5. The summed E-state index contributed by atoms with van der Waals surface area (Å²) in [5.74, 6) is 1.33. The Morgan fingerprint density at radius 3 is 2.52 bits per heavy atom. The molecule has 4 rings (SSSR count). The second-order valence-corrected chi connectivity index (χ2v) is 6.85. The largest absolute Gasteiger partial charge is 0.482 e. The summed E-state index contributed by atoms with van der Waals surface area (Å²) in [6, 6.07) is 13.1. The van der Waals surface area contributed by atoms with Gasteiger partial charge in [0.05, 0.1) is 18.2 Å². The van der Waals surface area contributed by atoms with Crippen molar-refractivity contribution >= 4 is 28.9 Å². The molecule has 27 heavy (non-hydrogen) atoms. The highest BCUT2D eigenvalue weighted by Crippen LogP contribution is 2.28. The molecule has 0 saturated carbocycles.